The zero-order valence-electron chi connectivity index (χ0n) is 14.9. The van der Waals surface area contributed by atoms with Gasteiger partial charge in [-0.1, -0.05) is 12.1 Å². The lowest BCUT2D eigenvalue weighted by molar-refractivity contribution is -0.131. The summed E-state index contributed by atoms with van der Waals surface area (Å²) < 4.78 is 10.2. The zero-order chi connectivity index (χ0) is 18.9. The van der Waals surface area contributed by atoms with E-state index >= 15 is 0 Å². The van der Waals surface area contributed by atoms with E-state index in [1.54, 1.807) is 50.6 Å². The second-order valence-electron chi connectivity index (χ2n) is 5.42. The first-order valence-corrected chi connectivity index (χ1v) is 7.96. The minimum Gasteiger partial charge on any atom is -0.497 e. The minimum absolute atomic E-state index is 0.430. The van der Waals surface area contributed by atoms with Gasteiger partial charge in [0.2, 0.25) is 5.91 Å². The number of hydrogen-bond donors (Lipinski definition) is 2. The molecule has 0 aliphatic rings. The summed E-state index contributed by atoms with van der Waals surface area (Å²) in [6.45, 7) is 1.51. The maximum absolute atomic E-state index is 12.2. The maximum atomic E-state index is 12.2. The third kappa shape index (κ3) is 5.07. The number of nitrogens with zero attached hydrogens (tertiary/aromatic N) is 1. The van der Waals surface area contributed by atoms with Crippen LogP contribution in [0.2, 0.25) is 0 Å². The SMILES string of the molecule is COc1ccc(NC(=O)C(C)C(=O)NN=Cc2ccccc2OC)cc1. The van der Waals surface area contributed by atoms with E-state index in [-0.39, 0.29) is 0 Å². The average Bonchev–Trinajstić information content (AvgIpc) is 2.68. The lowest BCUT2D eigenvalue weighted by atomic mass is 10.1. The van der Waals surface area contributed by atoms with Crippen molar-refractivity contribution in [1.82, 2.24) is 5.43 Å². The summed E-state index contributed by atoms with van der Waals surface area (Å²) in [7, 11) is 3.11. The average molecular weight is 355 g/mol. The molecule has 7 heteroatoms. The van der Waals surface area contributed by atoms with Crippen molar-refractivity contribution >= 4 is 23.7 Å². The molecule has 2 N–H and O–H groups in total. The molecule has 0 saturated heterocycles. The van der Waals surface area contributed by atoms with Crippen LogP contribution in [0.4, 0.5) is 5.69 Å². The third-order valence-corrected chi connectivity index (χ3v) is 3.66. The van der Waals surface area contributed by atoms with Crippen LogP contribution in [-0.4, -0.2) is 32.2 Å². The summed E-state index contributed by atoms with van der Waals surface area (Å²) in [5.41, 5.74) is 3.65. The first kappa shape index (κ1) is 19.0. The Hall–Kier alpha value is -3.35. The highest BCUT2D eigenvalue weighted by Gasteiger charge is 2.21. The Morgan fingerprint density at radius 3 is 2.35 bits per heavy atom. The zero-order valence-corrected chi connectivity index (χ0v) is 14.9. The maximum Gasteiger partial charge on any atom is 0.252 e. The summed E-state index contributed by atoms with van der Waals surface area (Å²) in [6.07, 6.45) is 1.46. The van der Waals surface area contributed by atoms with Crippen LogP contribution >= 0.6 is 0 Å². The van der Waals surface area contributed by atoms with Crippen molar-refractivity contribution in [3.63, 3.8) is 0 Å². The molecule has 0 fully saturated rings. The molecule has 1 unspecified atom stereocenters. The number of benzene rings is 2. The van der Waals surface area contributed by atoms with Crippen molar-refractivity contribution in [3.05, 3.63) is 54.1 Å². The first-order valence-electron chi connectivity index (χ1n) is 7.96. The highest BCUT2D eigenvalue weighted by atomic mass is 16.5. The Kier molecular flexibility index (Phi) is 6.73. The molecule has 7 nitrogen and oxygen atoms in total. The lowest BCUT2D eigenvalue weighted by Gasteiger charge is -2.11. The highest BCUT2D eigenvalue weighted by molar-refractivity contribution is 6.06. The fraction of sp³-hybridized carbons (Fsp3) is 0.211. The van der Waals surface area contributed by atoms with E-state index < -0.39 is 17.7 Å². The normalized spacial score (nSPS) is 11.7. The molecule has 136 valence electrons. The fourth-order valence-electron chi connectivity index (χ4n) is 2.08. The van der Waals surface area contributed by atoms with E-state index in [4.69, 9.17) is 9.47 Å². The smallest absolute Gasteiger partial charge is 0.252 e. The third-order valence-electron chi connectivity index (χ3n) is 3.66. The Balaban J connectivity index is 1.91. The van der Waals surface area contributed by atoms with Crippen LogP contribution in [0.3, 0.4) is 0 Å². The van der Waals surface area contributed by atoms with Crippen LogP contribution < -0.4 is 20.2 Å². The molecule has 0 spiro atoms. The van der Waals surface area contributed by atoms with Gasteiger partial charge in [0, 0.05) is 11.3 Å². The van der Waals surface area contributed by atoms with Gasteiger partial charge in [-0.25, -0.2) is 5.43 Å². The molecule has 1 atom stereocenters. The Labute approximate surface area is 152 Å². The molecular formula is C19H21N3O4. The van der Waals surface area contributed by atoms with Gasteiger partial charge in [0.05, 0.1) is 20.4 Å². The number of nitrogens with one attached hydrogen (secondary N) is 2. The monoisotopic (exact) mass is 355 g/mol. The quantitative estimate of drug-likeness (QED) is 0.453. The summed E-state index contributed by atoms with van der Waals surface area (Å²) in [5.74, 6) is -0.537. The summed E-state index contributed by atoms with van der Waals surface area (Å²) in [6, 6.07) is 14.1. The van der Waals surface area contributed by atoms with E-state index in [1.807, 2.05) is 12.1 Å². The largest absolute Gasteiger partial charge is 0.497 e. The first-order chi connectivity index (χ1) is 12.5. The number of ether oxygens (including phenoxy) is 2. The molecule has 2 rings (SSSR count). The van der Waals surface area contributed by atoms with Gasteiger partial charge < -0.3 is 14.8 Å². The van der Waals surface area contributed by atoms with Crippen LogP contribution in [0.25, 0.3) is 0 Å². The van der Waals surface area contributed by atoms with Gasteiger partial charge in [-0.2, -0.15) is 5.10 Å². The summed E-state index contributed by atoms with van der Waals surface area (Å²) in [5, 5.41) is 6.56. The second kappa shape index (κ2) is 9.22. The molecule has 26 heavy (non-hydrogen) atoms. The van der Waals surface area contributed by atoms with Gasteiger partial charge in [-0.15, -0.1) is 0 Å². The van der Waals surface area contributed by atoms with Crippen molar-refractivity contribution in [1.29, 1.82) is 0 Å². The van der Waals surface area contributed by atoms with Crippen LogP contribution in [0.5, 0.6) is 11.5 Å². The Morgan fingerprint density at radius 2 is 1.69 bits per heavy atom. The van der Waals surface area contributed by atoms with Gasteiger partial charge in [-0.3, -0.25) is 9.59 Å². The number of carbonyl (C=O) groups excluding carboxylic acids is 2. The molecule has 2 aromatic carbocycles. The van der Waals surface area contributed by atoms with Crippen molar-refractivity contribution in [2.24, 2.45) is 11.0 Å². The van der Waals surface area contributed by atoms with Crippen molar-refractivity contribution in [2.45, 2.75) is 6.92 Å². The number of rotatable bonds is 7. The Morgan fingerprint density at radius 1 is 1.00 bits per heavy atom. The lowest BCUT2D eigenvalue weighted by Crippen LogP contribution is -2.34. The van der Waals surface area contributed by atoms with Gasteiger partial charge >= 0.3 is 0 Å². The predicted molar refractivity (Wildman–Crippen MR) is 99.5 cm³/mol. The molecule has 0 aliphatic carbocycles. The number of carbonyl (C=O) groups is 2. The molecule has 2 amide bonds. The topological polar surface area (TPSA) is 89.0 Å². The number of amides is 2. The van der Waals surface area contributed by atoms with E-state index in [9.17, 15) is 9.59 Å². The molecular weight excluding hydrogens is 334 g/mol. The number of hydrazone groups is 1. The van der Waals surface area contributed by atoms with Gasteiger partial charge in [0.15, 0.2) is 0 Å². The van der Waals surface area contributed by atoms with Gasteiger partial charge in [0.1, 0.15) is 17.4 Å². The predicted octanol–water partition coefficient (Wildman–Crippen LogP) is 2.43. The van der Waals surface area contributed by atoms with Crippen molar-refractivity contribution in [3.8, 4) is 11.5 Å². The van der Waals surface area contributed by atoms with Crippen molar-refractivity contribution < 1.29 is 19.1 Å². The summed E-state index contributed by atoms with van der Waals surface area (Å²) >= 11 is 0. The Bertz CT molecular complexity index is 788. The van der Waals surface area contributed by atoms with E-state index in [0.29, 0.717) is 22.7 Å². The minimum atomic E-state index is -0.910. The molecule has 2 aromatic rings. The number of hydrogen-bond acceptors (Lipinski definition) is 5. The highest BCUT2D eigenvalue weighted by Crippen LogP contribution is 2.16. The molecule has 0 aliphatic heterocycles. The van der Waals surface area contributed by atoms with E-state index in [0.717, 1.165) is 0 Å². The van der Waals surface area contributed by atoms with Crippen LogP contribution in [0.15, 0.2) is 53.6 Å². The van der Waals surface area contributed by atoms with Crippen molar-refractivity contribution in [2.75, 3.05) is 19.5 Å². The number of para-hydroxylation sites is 1. The van der Waals surface area contributed by atoms with Gasteiger partial charge in [-0.05, 0) is 43.3 Å². The van der Waals surface area contributed by atoms with E-state index in [2.05, 4.69) is 15.8 Å². The molecule has 0 bridgehead atoms. The molecule has 0 heterocycles. The molecule has 0 aromatic heterocycles. The van der Waals surface area contributed by atoms with Crippen LogP contribution in [0.1, 0.15) is 12.5 Å². The number of anilines is 1. The molecule has 0 radical (unpaired) electrons. The molecule has 0 saturated carbocycles. The van der Waals surface area contributed by atoms with Crippen LogP contribution in [-0.2, 0) is 9.59 Å². The number of methoxy groups -OCH3 is 2. The van der Waals surface area contributed by atoms with Gasteiger partial charge in [0.25, 0.3) is 5.91 Å². The van der Waals surface area contributed by atoms with Crippen LogP contribution in [0, 0.1) is 5.92 Å². The fourth-order valence-corrected chi connectivity index (χ4v) is 2.08. The second-order valence-corrected chi connectivity index (χ2v) is 5.42. The van der Waals surface area contributed by atoms with E-state index in [1.165, 1.54) is 13.1 Å². The summed E-state index contributed by atoms with van der Waals surface area (Å²) in [4.78, 5) is 24.2. The standard InChI is InChI=1S/C19H21N3O4/c1-13(18(23)21-15-8-10-16(25-2)11-9-15)19(24)22-20-12-14-6-4-5-7-17(14)26-3/h4-13H,1-3H3,(H,21,23)(H,22,24).